The summed E-state index contributed by atoms with van der Waals surface area (Å²) in [5.74, 6) is 0.349. The van der Waals surface area contributed by atoms with E-state index < -0.39 is 10.0 Å². The van der Waals surface area contributed by atoms with Gasteiger partial charge in [-0.1, -0.05) is 36.2 Å². The maximum absolute atomic E-state index is 12.9. The third-order valence-corrected chi connectivity index (χ3v) is 6.91. The molecule has 0 spiro atoms. The summed E-state index contributed by atoms with van der Waals surface area (Å²) in [7, 11) is -3.71. The molecule has 1 fully saturated rings. The van der Waals surface area contributed by atoms with Crippen molar-refractivity contribution in [1.82, 2.24) is 9.62 Å². The molecule has 3 rings (SSSR count). The number of hydrogen-bond acceptors (Lipinski definition) is 4. The van der Waals surface area contributed by atoms with Gasteiger partial charge in [-0.3, -0.25) is 4.79 Å². The van der Waals surface area contributed by atoms with Gasteiger partial charge in [0.25, 0.3) is 5.91 Å². The number of ether oxygens (including phenoxy) is 1. The maximum atomic E-state index is 12.9. The fourth-order valence-corrected chi connectivity index (χ4v) is 5.06. The van der Waals surface area contributed by atoms with Crippen molar-refractivity contribution in [3.05, 3.63) is 59.1 Å². The van der Waals surface area contributed by atoms with E-state index in [-0.39, 0.29) is 21.4 Å². The Balaban J connectivity index is 1.64. The number of hydrogen-bond donors (Lipinski definition) is 1. The quantitative estimate of drug-likeness (QED) is 0.694. The normalized spacial score (nSPS) is 15.2. The third kappa shape index (κ3) is 5.04. The first-order valence-electron chi connectivity index (χ1n) is 9.24. The van der Waals surface area contributed by atoms with E-state index >= 15 is 0 Å². The maximum Gasteiger partial charge on any atom is 0.251 e. The highest BCUT2D eigenvalue weighted by molar-refractivity contribution is 7.89. The number of carbonyl (C=O) groups excluding carboxylic acids is 1. The molecule has 1 heterocycles. The van der Waals surface area contributed by atoms with Gasteiger partial charge in [-0.15, -0.1) is 0 Å². The largest absolute Gasteiger partial charge is 0.492 e. The lowest BCUT2D eigenvalue weighted by molar-refractivity contribution is 0.0947. The molecule has 1 aliphatic heterocycles. The zero-order valence-electron chi connectivity index (χ0n) is 15.4. The van der Waals surface area contributed by atoms with Crippen molar-refractivity contribution < 1.29 is 17.9 Å². The van der Waals surface area contributed by atoms with Gasteiger partial charge >= 0.3 is 0 Å². The molecule has 0 atom stereocenters. The minimum Gasteiger partial charge on any atom is -0.492 e. The van der Waals surface area contributed by atoms with Gasteiger partial charge in [0, 0.05) is 18.7 Å². The summed E-state index contributed by atoms with van der Waals surface area (Å²) >= 11 is 6.14. The van der Waals surface area contributed by atoms with Crippen molar-refractivity contribution in [2.24, 2.45) is 0 Å². The van der Waals surface area contributed by atoms with Gasteiger partial charge in [0.05, 0.1) is 11.6 Å². The van der Waals surface area contributed by atoms with E-state index in [9.17, 15) is 13.2 Å². The second kappa shape index (κ2) is 9.41. The van der Waals surface area contributed by atoms with Gasteiger partial charge in [-0.2, -0.15) is 4.31 Å². The van der Waals surface area contributed by atoms with Crippen LogP contribution in [0.15, 0.2) is 53.4 Å². The Labute approximate surface area is 170 Å². The van der Waals surface area contributed by atoms with Crippen LogP contribution in [0, 0.1) is 0 Å². The van der Waals surface area contributed by atoms with Crippen LogP contribution in [0.25, 0.3) is 0 Å². The van der Waals surface area contributed by atoms with Crippen molar-refractivity contribution in [2.45, 2.75) is 24.2 Å². The molecule has 0 aliphatic carbocycles. The van der Waals surface area contributed by atoms with Crippen molar-refractivity contribution in [3.63, 3.8) is 0 Å². The predicted octanol–water partition coefficient (Wildman–Crippen LogP) is 3.32. The van der Waals surface area contributed by atoms with Gasteiger partial charge in [-0.05, 0) is 43.2 Å². The highest BCUT2D eigenvalue weighted by Crippen LogP contribution is 2.27. The number of benzene rings is 2. The highest BCUT2D eigenvalue weighted by atomic mass is 35.5. The van der Waals surface area contributed by atoms with E-state index in [0.717, 1.165) is 25.0 Å². The molecule has 6 nitrogen and oxygen atoms in total. The average molecular weight is 423 g/mol. The number of nitrogens with one attached hydrogen (secondary N) is 1. The molecule has 0 saturated carbocycles. The molecule has 0 unspecified atom stereocenters. The number of carbonyl (C=O) groups is 1. The van der Waals surface area contributed by atoms with E-state index in [1.807, 2.05) is 30.3 Å². The van der Waals surface area contributed by atoms with Crippen LogP contribution in [0.3, 0.4) is 0 Å². The van der Waals surface area contributed by atoms with Crippen molar-refractivity contribution in [1.29, 1.82) is 0 Å². The average Bonchev–Trinajstić information content (AvgIpc) is 2.72. The summed E-state index contributed by atoms with van der Waals surface area (Å²) in [6.45, 7) is 1.56. The molecular weight excluding hydrogens is 400 g/mol. The molecule has 1 N–H and O–H groups in total. The van der Waals surface area contributed by atoms with Crippen molar-refractivity contribution in [2.75, 3.05) is 26.2 Å². The Morgan fingerprint density at radius 1 is 1.07 bits per heavy atom. The molecule has 150 valence electrons. The smallest absolute Gasteiger partial charge is 0.251 e. The van der Waals surface area contributed by atoms with Gasteiger partial charge in [0.15, 0.2) is 0 Å². The minimum atomic E-state index is -3.71. The highest BCUT2D eigenvalue weighted by Gasteiger charge is 2.28. The number of halogens is 1. The summed E-state index contributed by atoms with van der Waals surface area (Å²) in [6.07, 6.45) is 2.68. The van der Waals surface area contributed by atoms with Gasteiger partial charge in [0.1, 0.15) is 17.3 Å². The molecule has 1 aliphatic rings. The van der Waals surface area contributed by atoms with Gasteiger partial charge in [0.2, 0.25) is 10.0 Å². The predicted molar refractivity (Wildman–Crippen MR) is 108 cm³/mol. The van der Waals surface area contributed by atoms with E-state index in [4.69, 9.17) is 16.3 Å². The number of nitrogens with zero attached hydrogens (tertiary/aromatic N) is 1. The number of para-hydroxylation sites is 1. The lowest BCUT2D eigenvalue weighted by atomic mass is 10.2. The number of amides is 1. The standard InChI is InChI=1S/C20H23ClN2O4S/c21-18-10-9-16(15-19(18)28(25,26)23-12-5-2-6-13-23)20(24)22-11-14-27-17-7-3-1-4-8-17/h1,3-4,7-10,15H,2,5-6,11-14H2,(H,22,24). The zero-order valence-corrected chi connectivity index (χ0v) is 17.0. The van der Waals surface area contributed by atoms with Crippen LogP contribution in [0.5, 0.6) is 5.75 Å². The fourth-order valence-electron chi connectivity index (χ4n) is 3.04. The summed E-state index contributed by atoms with van der Waals surface area (Å²) in [4.78, 5) is 12.4. The summed E-state index contributed by atoms with van der Waals surface area (Å²) < 4.78 is 32.7. The minimum absolute atomic E-state index is 0.0238. The Kier molecular flexibility index (Phi) is 6.93. The first-order chi connectivity index (χ1) is 13.5. The van der Waals surface area contributed by atoms with Crippen LogP contribution < -0.4 is 10.1 Å². The Morgan fingerprint density at radius 2 is 1.79 bits per heavy atom. The number of sulfonamides is 1. The van der Waals surface area contributed by atoms with Crippen LogP contribution >= 0.6 is 11.6 Å². The summed E-state index contributed by atoms with van der Waals surface area (Å²) in [6, 6.07) is 13.6. The monoisotopic (exact) mass is 422 g/mol. The molecule has 2 aromatic carbocycles. The number of piperidine rings is 1. The SMILES string of the molecule is O=C(NCCOc1ccccc1)c1ccc(Cl)c(S(=O)(=O)N2CCCCC2)c1. The first-order valence-corrected chi connectivity index (χ1v) is 11.1. The Hall–Kier alpha value is -2.09. The Bertz CT molecular complexity index is 913. The molecule has 8 heteroatoms. The van der Waals surface area contributed by atoms with Gasteiger partial charge in [-0.25, -0.2) is 8.42 Å². The van der Waals surface area contributed by atoms with Crippen molar-refractivity contribution in [3.8, 4) is 5.75 Å². The van der Waals surface area contributed by atoms with Crippen LogP contribution in [-0.2, 0) is 10.0 Å². The molecule has 1 saturated heterocycles. The molecule has 28 heavy (non-hydrogen) atoms. The van der Waals surface area contributed by atoms with Crippen LogP contribution in [0.2, 0.25) is 5.02 Å². The zero-order chi connectivity index (χ0) is 20.0. The molecule has 2 aromatic rings. The molecule has 0 aromatic heterocycles. The van der Waals surface area contributed by atoms with Crippen LogP contribution in [0.1, 0.15) is 29.6 Å². The number of rotatable bonds is 7. The molecular formula is C20H23ClN2O4S. The first kappa shape index (κ1) is 20.6. The van der Waals surface area contributed by atoms with Crippen LogP contribution in [-0.4, -0.2) is 44.9 Å². The van der Waals surface area contributed by atoms with E-state index in [0.29, 0.717) is 26.2 Å². The summed E-state index contributed by atoms with van der Waals surface area (Å²) in [5, 5.41) is 2.85. The second-order valence-corrected chi connectivity index (χ2v) is 8.84. The lowest BCUT2D eigenvalue weighted by Crippen LogP contribution is -2.36. The second-order valence-electron chi connectivity index (χ2n) is 6.53. The van der Waals surface area contributed by atoms with E-state index in [1.165, 1.54) is 22.5 Å². The molecule has 0 radical (unpaired) electrons. The van der Waals surface area contributed by atoms with E-state index in [1.54, 1.807) is 0 Å². The van der Waals surface area contributed by atoms with Crippen molar-refractivity contribution >= 4 is 27.5 Å². The molecule has 1 amide bonds. The fraction of sp³-hybridized carbons (Fsp3) is 0.350. The topological polar surface area (TPSA) is 75.7 Å². The lowest BCUT2D eigenvalue weighted by Gasteiger charge is -2.26. The van der Waals surface area contributed by atoms with Gasteiger partial charge < -0.3 is 10.1 Å². The molecule has 0 bridgehead atoms. The van der Waals surface area contributed by atoms with Crippen LogP contribution in [0.4, 0.5) is 0 Å². The Morgan fingerprint density at radius 3 is 2.50 bits per heavy atom. The summed E-state index contributed by atoms with van der Waals surface area (Å²) in [5.41, 5.74) is 0.250. The van der Waals surface area contributed by atoms with E-state index in [2.05, 4.69) is 5.32 Å². The third-order valence-electron chi connectivity index (χ3n) is 4.53.